The number of alkyl carbamates (subject to hydrolysis) is 1. The predicted molar refractivity (Wildman–Crippen MR) is 168 cm³/mol. The molecule has 3 heterocycles. The van der Waals surface area contributed by atoms with Gasteiger partial charge >= 0.3 is 12.1 Å². The third-order valence-electron chi connectivity index (χ3n) is 7.78. The highest BCUT2D eigenvalue weighted by Crippen LogP contribution is 2.42. The highest BCUT2D eigenvalue weighted by atomic mass is 16.6. The first kappa shape index (κ1) is 29.0. The molecule has 0 unspecified atom stereocenters. The maximum absolute atomic E-state index is 12.7. The van der Waals surface area contributed by atoms with E-state index in [2.05, 4.69) is 39.6 Å². The molecule has 0 bridgehead atoms. The van der Waals surface area contributed by atoms with E-state index in [-0.39, 0.29) is 6.61 Å². The minimum Gasteiger partial charge on any atom is -0.462 e. The zero-order valence-electron chi connectivity index (χ0n) is 25.3. The Balaban J connectivity index is 1.41. The van der Waals surface area contributed by atoms with Gasteiger partial charge in [0.05, 0.1) is 35.3 Å². The second kappa shape index (κ2) is 11.6. The van der Waals surface area contributed by atoms with E-state index >= 15 is 0 Å². The highest BCUT2D eigenvalue weighted by molar-refractivity contribution is 5.90. The summed E-state index contributed by atoms with van der Waals surface area (Å²) in [6.45, 7) is 7.64. The molecule has 0 radical (unpaired) electrons. The molecule has 5 aromatic rings. The second-order valence-corrected chi connectivity index (χ2v) is 12.0. The van der Waals surface area contributed by atoms with Crippen LogP contribution < -0.4 is 5.32 Å². The number of hydrogen-bond donors (Lipinski definition) is 1. The van der Waals surface area contributed by atoms with Crippen molar-refractivity contribution in [2.45, 2.75) is 58.1 Å². The summed E-state index contributed by atoms with van der Waals surface area (Å²) in [5.41, 5.74) is 6.07. The van der Waals surface area contributed by atoms with Crippen LogP contribution in [0.2, 0.25) is 0 Å². The second-order valence-electron chi connectivity index (χ2n) is 12.0. The third kappa shape index (κ3) is 5.77. The Kier molecular flexibility index (Phi) is 7.63. The molecule has 3 aromatic heterocycles. The molecule has 0 atom stereocenters. The minimum atomic E-state index is -0.570. The lowest BCUT2D eigenvalue weighted by molar-refractivity contribution is 0.0376. The van der Waals surface area contributed by atoms with E-state index in [9.17, 15) is 9.59 Å². The number of benzene rings is 2. The van der Waals surface area contributed by atoms with Crippen LogP contribution in [0.15, 0.2) is 85.3 Å². The Morgan fingerprint density at radius 2 is 1.68 bits per heavy atom. The van der Waals surface area contributed by atoms with Crippen LogP contribution in [0.3, 0.4) is 0 Å². The Bertz CT molecular complexity index is 1820. The van der Waals surface area contributed by atoms with Crippen LogP contribution in [0.1, 0.15) is 62.9 Å². The van der Waals surface area contributed by atoms with Crippen molar-refractivity contribution in [2.75, 3.05) is 6.61 Å². The quantitative estimate of drug-likeness (QED) is 0.200. The van der Waals surface area contributed by atoms with Crippen LogP contribution in [0.5, 0.6) is 0 Å². The molecule has 224 valence electrons. The zero-order chi connectivity index (χ0) is 30.9. The number of fused-ring (bicyclic) bond motifs is 1. The van der Waals surface area contributed by atoms with Gasteiger partial charge in [0.2, 0.25) is 0 Å². The molecule has 6 rings (SSSR count). The summed E-state index contributed by atoms with van der Waals surface area (Å²) in [7, 11) is 0. The predicted octanol–water partition coefficient (Wildman–Crippen LogP) is 7.21. The fourth-order valence-corrected chi connectivity index (χ4v) is 5.53. The van der Waals surface area contributed by atoms with E-state index < -0.39 is 23.2 Å². The van der Waals surface area contributed by atoms with Crippen molar-refractivity contribution >= 4 is 17.7 Å². The fourth-order valence-electron chi connectivity index (χ4n) is 5.53. The summed E-state index contributed by atoms with van der Waals surface area (Å²) >= 11 is 0. The molecule has 0 spiro atoms. The normalized spacial score (nSPS) is 14.1. The summed E-state index contributed by atoms with van der Waals surface area (Å²) in [5.74, 6) is -0.429. The standard InChI is InChI=1S/C35H35N5O4/c1-5-43-32(41)26-18-25(20-36-21-26)29-22-37-30-19-28(23-10-7-6-8-11-23)31(39-40(29)30)24-12-14-27(15-13-24)35(16-9-17-35)38-33(42)44-34(2,3)4/h6-8,10-15,18-22H,5,9,16-17H2,1-4H3,(H,38,42). The van der Waals surface area contributed by atoms with Crippen LogP contribution in [-0.4, -0.2) is 43.9 Å². The Morgan fingerprint density at radius 1 is 0.932 bits per heavy atom. The average Bonchev–Trinajstić information content (AvgIpc) is 3.41. The Labute approximate surface area is 256 Å². The number of nitrogens with zero attached hydrogens (tertiary/aromatic N) is 4. The molecule has 0 saturated heterocycles. The van der Waals surface area contributed by atoms with Crippen LogP contribution in [0.4, 0.5) is 4.79 Å². The molecule has 1 amide bonds. The molecule has 1 N–H and O–H groups in total. The largest absolute Gasteiger partial charge is 0.462 e. The molecule has 2 aromatic carbocycles. The first-order valence-corrected chi connectivity index (χ1v) is 14.8. The van der Waals surface area contributed by atoms with E-state index in [0.29, 0.717) is 22.5 Å². The van der Waals surface area contributed by atoms with Gasteiger partial charge in [-0.05, 0) is 70.2 Å². The number of pyridine rings is 1. The summed E-state index contributed by atoms with van der Waals surface area (Å²) in [6.07, 6.45) is 7.23. The van der Waals surface area contributed by atoms with Crippen molar-refractivity contribution in [2.24, 2.45) is 0 Å². The lowest BCUT2D eigenvalue weighted by atomic mass is 9.71. The Morgan fingerprint density at radius 3 is 2.34 bits per heavy atom. The van der Waals surface area contributed by atoms with Crippen LogP contribution >= 0.6 is 0 Å². The number of imidazole rings is 1. The van der Waals surface area contributed by atoms with Gasteiger partial charge in [-0.25, -0.2) is 19.1 Å². The number of carbonyl (C=O) groups excluding carboxylic acids is 2. The van der Waals surface area contributed by atoms with Crippen molar-refractivity contribution in [1.82, 2.24) is 24.9 Å². The van der Waals surface area contributed by atoms with Crippen LogP contribution in [-0.2, 0) is 15.0 Å². The molecule has 1 fully saturated rings. The number of hydrogen-bond acceptors (Lipinski definition) is 7. The summed E-state index contributed by atoms with van der Waals surface area (Å²) in [4.78, 5) is 34.0. The van der Waals surface area contributed by atoms with E-state index in [0.717, 1.165) is 47.2 Å². The van der Waals surface area contributed by atoms with Crippen molar-refractivity contribution in [1.29, 1.82) is 0 Å². The number of nitrogens with one attached hydrogen (secondary N) is 1. The molecule has 1 aliphatic carbocycles. The van der Waals surface area contributed by atoms with Crippen molar-refractivity contribution in [3.63, 3.8) is 0 Å². The number of rotatable bonds is 7. The van der Waals surface area contributed by atoms with Crippen molar-refractivity contribution in [3.05, 3.63) is 96.4 Å². The number of amides is 1. The van der Waals surface area contributed by atoms with Gasteiger partial charge in [0.1, 0.15) is 5.60 Å². The van der Waals surface area contributed by atoms with Gasteiger partial charge in [0, 0.05) is 29.1 Å². The van der Waals surface area contributed by atoms with Gasteiger partial charge in [0.15, 0.2) is 5.65 Å². The molecule has 0 aliphatic heterocycles. The monoisotopic (exact) mass is 589 g/mol. The first-order chi connectivity index (χ1) is 21.2. The van der Waals surface area contributed by atoms with Gasteiger partial charge in [0.25, 0.3) is 0 Å². The maximum atomic E-state index is 12.7. The van der Waals surface area contributed by atoms with Crippen molar-refractivity contribution < 1.29 is 19.1 Å². The minimum absolute atomic E-state index is 0.281. The number of ether oxygens (including phenoxy) is 2. The lowest BCUT2D eigenvalue weighted by Crippen LogP contribution is -2.52. The van der Waals surface area contributed by atoms with Gasteiger partial charge in [-0.3, -0.25) is 4.98 Å². The maximum Gasteiger partial charge on any atom is 0.408 e. The van der Waals surface area contributed by atoms with Crippen LogP contribution in [0, 0.1) is 0 Å². The van der Waals surface area contributed by atoms with Crippen molar-refractivity contribution in [3.8, 4) is 33.6 Å². The van der Waals surface area contributed by atoms with Gasteiger partial charge < -0.3 is 14.8 Å². The molecule has 1 saturated carbocycles. The number of carbonyl (C=O) groups is 2. The summed E-state index contributed by atoms with van der Waals surface area (Å²) in [5, 5.41) is 8.24. The molecule has 9 heteroatoms. The highest BCUT2D eigenvalue weighted by Gasteiger charge is 2.41. The molecule has 1 aliphatic rings. The summed E-state index contributed by atoms with van der Waals surface area (Å²) in [6, 6.07) is 22.1. The summed E-state index contributed by atoms with van der Waals surface area (Å²) < 4.78 is 12.5. The Hall–Kier alpha value is -5.05. The first-order valence-electron chi connectivity index (χ1n) is 14.8. The van der Waals surface area contributed by atoms with Gasteiger partial charge in [-0.1, -0.05) is 54.6 Å². The van der Waals surface area contributed by atoms with Gasteiger partial charge in [-0.2, -0.15) is 5.10 Å². The molecular weight excluding hydrogens is 554 g/mol. The smallest absolute Gasteiger partial charge is 0.408 e. The fraction of sp³-hybridized carbons (Fsp3) is 0.286. The zero-order valence-corrected chi connectivity index (χ0v) is 25.3. The lowest BCUT2D eigenvalue weighted by Gasteiger charge is -2.43. The third-order valence-corrected chi connectivity index (χ3v) is 7.78. The van der Waals surface area contributed by atoms with Crippen LogP contribution in [0.25, 0.3) is 39.3 Å². The number of aromatic nitrogens is 4. The van der Waals surface area contributed by atoms with E-state index in [4.69, 9.17) is 14.6 Å². The molecular formula is C35H35N5O4. The van der Waals surface area contributed by atoms with E-state index in [1.54, 1.807) is 29.9 Å². The number of esters is 1. The SMILES string of the molecule is CCOC(=O)c1cncc(-c2cnc3cc(-c4ccccc4)c(-c4ccc(C5(NC(=O)OC(C)(C)C)CCC5)cc4)nn23)c1. The molecule has 44 heavy (non-hydrogen) atoms. The average molecular weight is 590 g/mol. The topological polar surface area (TPSA) is 108 Å². The van der Waals surface area contributed by atoms with Gasteiger partial charge in [-0.15, -0.1) is 0 Å². The van der Waals surface area contributed by atoms with E-state index in [1.807, 2.05) is 57.2 Å². The van der Waals surface area contributed by atoms with E-state index in [1.165, 1.54) is 6.20 Å². The molecule has 9 nitrogen and oxygen atoms in total.